The number of fused-ring (bicyclic) bond motifs is 1. The molecule has 1 aliphatic rings. The summed E-state index contributed by atoms with van der Waals surface area (Å²) in [5.41, 5.74) is 2.15. The number of aromatic hydroxyl groups is 1. The summed E-state index contributed by atoms with van der Waals surface area (Å²) in [7, 11) is 0.967. The molecule has 1 N–H and O–H groups in total. The van der Waals surface area contributed by atoms with Crippen molar-refractivity contribution in [3.63, 3.8) is 0 Å². The largest absolute Gasteiger partial charge is 0.508 e. The van der Waals surface area contributed by atoms with Crippen LogP contribution in [-0.2, 0) is 18.0 Å². The molecule has 5 rings (SSSR count). The number of benzene rings is 1. The molecule has 1 fully saturated rings. The second kappa shape index (κ2) is 9.42. The van der Waals surface area contributed by atoms with Crippen LogP contribution >= 0.6 is 11.3 Å². The molecule has 4 aromatic rings. The Bertz CT molecular complexity index is 1100. The van der Waals surface area contributed by atoms with E-state index in [1.165, 1.54) is 5.39 Å². The van der Waals surface area contributed by atoms with Crippen LogP contribution in [0.15, 0.2) is 76.6 Å². The number of hydrogen-bond donors (Lipinski definition) is 1. The summed E-state index contributed by atoms with van der Waals surface area (Å²) < 4.78 is 17.3. The SMILES string of the molecule is Cn1ccc2cccnc21.O=S(c1cccs1)N1CCN(c2ccc(O)cc2)CC1. The van der Waals surface area contributed by atoms with Gasteiger partial charge in [0.15, 0.2) is 0 Å². The summed E-state index contributed by atoms with van der Waals surface area (Å²) in [4.78, 5) is 6.46. The van der Waals surface area contributed by atoms with Crippen LogP contribution < -0.4 is 4.90 Å². The molecule has 1 unspecified atom stereocenters. The molecular weight excluding hydrogens is 416 g/mol. The van der Waals surface area contributed by atoms with Gasteiger partial charge in [0.25, 0.3) is 0 Å². The average Bonchev–Trinajstić information content (AvgIpc) is 3.45. The molecule has 0 saturated carbocycles. The van der Waals surface area contributed by atoms with Crippen LogP contribution in [0.3, 0.4) is 0 Å². The fraction of sp³-hybridized carbons (Fsp3) is 0.227. The first kappa shape index (κ1) is 20.6. The van der Waals surface area contributed by atoms with Crippen molar-refractivity contribution in [2.75, 3.05) is 31.1 Å². The van der Waals surface area contributed by atoms with E-state index in [2.05, 4.69) is 22.0 Å². The smallest absolute Gasteiger partial charge is 0.139 e. The van der Waals surface area contributed by atoms with Crippen molar-refractivity contribution in [2.24, 2.45) is 7.05 Å². The van der Waals surface area contributed by atoms with Crippen LogP contribution in [0.1, 0.15) is 0 Å². The topological polar surface area (TPSA) is 61.6 Å². The van der Waals surface area contributed by atoms with Gasteiger partial charge >= 0.3 is 0 Å². The van der Waals surface area contributed by atoms with Crippen LogP contribution in [0.25, 0.3) is 11.0 Å². The molecule has 156 valence electrons. The zero-order valence-electron chi connectivity index (χ0n) is 16.7. The highest BCUT2D eigenvalue weighted by molar-refractivity contribution is 7.85. The minimum Gasteiger partial charge on any atom is -0.508 e. The normalized spacial score (nSPS) is 15.6. The number of nitrogens with zero attached hydrogens (tertiary/aromatic N) is 4. The Morgan fingerprint density at radius 3 is 2.43 bits per heavy atom. The molecule has 0 bridgehead atoms. The van der Waals surface area contributed by atoms with Crippen LogP contribution in [0, 0.1) is 0 Å². The number of rotatable bonds is 3. The van der Waals surface area contributed by atoms with E-state index in [0.717, 1.165) is 41.7 Å². The summed E-state index contributed by atoms with van der Waals surface area (Å²) in [6.45, 7) is 3.26. The van der Waals surface area contributed by atoms with Crippen LogP contribution in [-0.4, -0.2) is 49.4 Å². The summed E-state index contributed by atoms with van der Waals surface area (Å²) in [6.07, 6.45) is 3.82. The third-order valence-corrected chi connectivity index (χ3v) is 7.68. The van der Waals surface area contributed by atoms with Gasteiger partial charge in [-0.3, -0.25) is 0 Å². The lowest BCUT2D eigenvalue weighted by Crippen LogP contribution is -2.46. The van der Waals surface area contributed by atoms with E-state index in [1.54, 1.807) is 23.5 Å². The minimum absolute atomic E-state index is 0.284. The van der Waals surface area contributed by atoms with E-state index in [1.807, 2.05) is 64.0 Å². The first-order valence-electron chi connectivity index (χ1n) is 9.72. The van der Waals surface area contributed by atoms with Crippen molar-refractivity contribution < 1.29 is 9.32 Å². The summed E-state index contributed by atoms with van der Waals surface area (Å²) in [6, 6.07) is 17.2. The second-order valence-electron chi connectivity index (χ2n) is 6.96. The summed E-state index contributed by atoms with van der Waals surface area (Å²) in [5, 5.41) is 12.5. The van der Waals surface area contributed by atoms with E-state index in [0.29, 0.717) is 0 Å². The Labute approximate surface area is 182 Å². The first-order chi connectivity index (χ1) is 14.6. The number of aromatic nitrogens is 2. The fourth-order valence-corrected chi connectivity index (χ4v) is 5.57. The molecule has 0 amide bonds. The molecule has 0 aliphatic carbocycles. The van der Waals surface area contributed by atoms with Crippen LogP contribution in [0.2, 0.25) is 0 Å². The van der Waals surface area contributed by atoms with E-state index >= 15 is 0 Å². The molecule has 1 aliphatic heterocycles. The molecule has 30 heavy (non-hydrogen) atoms. The lowest BCUT2D eigenvalue weighted by molar-refractivity contribution is 0.410. The van der Waals surface area contributed by atoms with Gasteiger partial charge in [0, 0.05) is 56.7 Å². The van der Waals surface area contributed by atoms with E-state index in [-0.39, 0.29) is 5.75 Å². The quantitative estimate of drug-likeness (QED) is 0.525. The summed E-state index contributed by atoms with van der Waals surface area (Å²) in [5.74, 6) is 0.284. The number of aryl methyl sites for hydroxylation is 1. The van der Waals surface area contributed by atoms with Crippen molar-refractivity contribution in [3.8, 4) is 5.75 Å². The predicted octanol–water partition coefficient (Wildman–Crippen LogP) is 3.87. The van der Waals surface area contributed by atoms with Gasteiger partial charge in [-0.1, -0.05) is 6.07 Å². The van der Waals surface area contributed by atoms with Gasteiger partial charge in [-0.25, -0.2) is 13.5 Å². The van der Waals surface area contributed by atoms with E-state index in [4.69, 9.17) is 0 Å². The van der Waals surface area contributed by atoms with Gasteiger partial charge in [-0.15, -0.1) is 11.3 Å². The molecule has 0 spiro atoms. The highest BCUT2D eigenvalue weighted by Crippen LogP contribution is 2.22. The fourth-order valence-electron chi connectivity index (χ4n) is 3.36. The Balaban J connectivity index is 0.000000181. The van der Waals surface area contributed by atoms with Crippen LogP contribution in [0.5, 0.6) is 5.75 Å². The molecule has 8 heteroatoms. The third kappa shape index (κ3) is 4.72. The maximum Gasteiger partial charge on any atom is 0.139 e. The van der Waals surface area contributed by atoms with Gasteiger partial charge in [0.1, 0.15) is 26.6 Å². The van der Waals surface area contributed by atoms with Crippen molar-refractivity contribution in [1.82, 2.24) is 13.9 Å². The molecule has 1 atom stereocenters. The van der Waals surface area contributed by atoms with Crippen molar-refractivity contribution in [1.29, 1.82) is 0 Å². The van der Waals surface area contributed by atoms with Crippen molar-refractivity contribution in [3.05, 3.63) is 72.4 Å². The highest BCUT2D eigenvalue weighted by atomic mass is 32.2. The zero-order valence-corrected chi connectivity index (χ0v) is 18.4. The zero-order chi connectivity index (χ0) is 20.9. The standard InChI is InChI=1S/C14H16N2O2S2.C8H8N2/c17-13-5-3-12(4-6-13)15-7-9-16(10-8-15)20(18)14-2-1-11-19-14;1-10-6-4-7-3-2-5-9-8(7)10/h1-6,11,17H,7-10H2;2-6H,1H3. The number of phenols is 1. The first-order valence-corrected chi connectivity index (χ1v) is 11.7. The lowest BCUT2D eigenvalue weighted by Gasteiger charge is -2.34. The van der Waals surface area contributed by atoms with Crippen LogP contribution in [0.4, 0.5) is 5.69 Å². The lowest BCUT2D eigenvalue weighted by atomic mass is 10.2. The number of thiophene rings is 1. The van der Waals surface area contributed by atoms with E-state index < -0.39 is 11.0 Å². The Morgan fingerprint density at radius 2 is 1.77 bits per heavy atom. The van der Waals surface area contributed by atoms with Gasteiger partial charge < -0.3 is 14.6 Å². The maximum absolute atomic E-state index is 12.3. The number of piperazine rings is 1. The number of pyridine rings is 1. The highest BCUT2D eigenvalue weighted by Gasteiger charge is 2.22. The van der Waals surface area contributed by atoms with Gasteiger partial charge in [0.05, 0.1) is 0 Å². The molecule has 3 aromatic heterocycles. The number of hydrogen-bond acceptors (Lipinski definition) is 5. The number of anilines is 1. The minimum atomic E-state index is -1.03. The van der Waals surface area contributed by atoms with E-state index in [9.17, 15) is 9.32 Å². The second-order valence-corrected chi connectivity index (χ2v) is 9.62. The molecule has 1 aromatic carbocycles. The number of phenolic OH excluding ortho intramolecular Hbond substituents is 1. The average molecular weight is 441 g/mol. The summed E-state index contributed by atoms with van der Waals surface area (Å²) >= 11 is 1.54. The Morgan fingerprint density at radius 1 is 1.00 bits per heavy atom. The maximum atomic E-state index is 12.3. The van der Waals surface area contributed by atoms with Gasteiger partial charge in [-0.05, 0) is 53.9 Å². The monoisotopic (exact) mass is 440 g/mol. The van der Waals surface area contributed by atoms with Crippen molar-refractivity contribution >= 4 is 39.0 Å². The molecule has 6 nitrogen and oxygen atoms in total. The predicted molar refractivity (Wildman–Crippen MR) is 123 cm³/mol. The molecule has 1 saturated heterocycles. The molecule has 0 radical (unpaired) electrons. The third-order valence-electron chi connectivity index (χ3n) is 4.98. The Kier molecular flexibility index (Phi) is 6.47. The molecular formula is C22H24N4O2S2. The van der Waals surface area contributed by atoms with Crippen molar-refractivity contribution in [2.45, 2.75) is 4.21 Å². The van der Waals surface area contributed by atoms with Gasteiger partial charge in [-0.2, -0.15) is 0 Å². The van der Waals surface area contributed by atoms with Gasteiger partial charge in [0.2, 0.25) is 0 Å². The molecule has 4 heterocycles. The Hall–Kier alpha value is -2.68.